The lowest BCUT2D eigenvalue weighted by atomic mass is 9.72. The number of carbonyl (C=O) groups is 1. The molecule has 1 aliphatic carbocycles. The fourth-order valence-corrected chi connectivity index (χ4v) is 4.26. The maximum atomic E-state index is 14.1. The Kier molecular flexibility index (Phi) is 6.38. The highest BCUT2D eigenvalue weighted by Crippen LogP contribution is 2.46. The normalized spacial score (nSPS) is 20.6. The molecule has 1 saturated carbocycles. The van der Waals surface area contributed by atoms with Crippen LogP contribution in [-0.2, 0) is 4.79 Å². The van der Waals surface area contributed by atoms with E-state index < -0.39 is 30.1 Å². The molecule has 152 valence electrons. The fraction of sp³-hybridized carbons (Fsp3) is 0.381. The minimum absolute atomic E-state index is 0.0803. The van der Waals surface area contributed by atoms with Gasteiger partial charge in [0.1, 0.15) is 6.54 Å². The number of aromatic nitrogens is 1. The van der Waals surface area contributed by atoms with Crippen LogP contribution < -0.4 is 10.9 Å². The van der Waals surface area contributed by atoms with E-state index in [1.807, 2.05) is 30.5 Å². The van der Waals surface area contributed by atoms with E-state index >= 15 is 0 Å². The molecule has 1 aromatic carbocycles. The van der Waals surface area contributed by atoms with Crippen molar-refractivity contribution >= 4 is 17.7 Å². The number of amides is 1. The number of aromatic amines is 1. The van der Waals surface area contributed by atoms with Gasteiger partial charge in [0.05, 0.1) is 12.0 Å². The number of benzene rings is 1. The molecule has 1 aromatic heterocycles. The first-order valence-electron chi connectivity index (χ1n) is 9.24. The molecule has 8 heteroatoms. The van der Waals surface area contributed by atoms with E-state index in [4.69, 9.17) is 5.26 Å². The number of pyridine rings is 1. The molecule has 0 spiro atoms. The zero-order valence-electron chi connectivity index (χ0n) is 15.9. The van der Waals surface area contributed by atoms with E-state index in [-0.39, 0.29) is 24.9 Å². The summed E-state index contributed by atoms with van der Waals surface area (Å²) in [4.78, 5) is 28.3. The minimum atomic E-state index is -2.95. The summed E-state index contributed by atoms with van der Waals surface area (Å²) in [6.07, 6.45) is 2.66. The Morgan fingerprint density at radius 2 is 2.10 bits per heavy atom. The van der Waals surface area contributed by atoms with Crippen LogP contribution in [0.2, 0.25) is 0 Å². The number of halogens is 2. The van der Waals surface area contributed by atoms with Gasteiger partial charge in [-0.15, -0.1) is 11.8 Å². The van der Waals surface area contributed by atoms with Crippen molar-refractivity contribution in [2.75, 3.05) is 12.8 Å². The number of nitriles is 1. The van der Waals surface area contributed by atoms with Gasteiger partial charge in [-0.3, -0.25) is 9.59 Å². The Labute approximate surface area is 171 Å². The average Bonchev–Trinajstić information content (AvgIpc) is 2.71. The molecule has 2 atom stereocenters. The smallest absolute Gasteiger partial charge is 0.249 e. The number of nitrogens with zero attached hydrogens (tertiary/aromatic N) is 1. The standard InChI is InChI=1S/C21H21F2N3O2S/c1-29-14-4-2-13(3-5-14)18-12-26-19(27)10-16(18)15-6-7-21(22,23)11-17(15)20(28)25-9-8-24/h2-5,10,12,15,17H,6-7,9,11H2,1H3,(H,25,28)(H,26,27)/t15-,17+/m0/s1. The molecule has 0 radical (unpaired) electrons. The molecule has 29 heavy (non-hydrogen) atoms. The van der Waals surface area contributed by atoms with Gasteiger partial charge in [0.25, 0.3) is 0 Å². The molecule has 1 amide bonds. The Bertz CT molecular complexity index is 983. The van der Waals surface area contributed by atoms with Gasteiger partial charge in [-0.2, -0.15) is 5.26 Å². The molecule has 0 bridgehead atoms. The van der Waals surface area contributed by atoms with Crippen molar-refractivity contribution in [2.24, 2.45) is 5.92 Å². The molecule has 1 heterocycles. The predicted octanol–water partition coefficient (Wildman–Crippen LogP) is 3.92. The number of hydrogen-bond donors (Lipinski definition) is 2. The number of hydrogen-bond acceptors (Lipinski definition) is 4. The minimum Gasteiger partial charge on any atom is -0.343 e. The van der Waals surface area contributed by atoms with Gasteiger partial charge in [-0.25, -0.2) is 8.78 Å². The third kappa shape index (κ3) is 4.85. The Morgan fingerprint density at radius 1 is 1.38 bits per heavy atom. The van der Waals surface area contributed by atoms with Gasteiger partial charge < -0.3 is 10.3 Å². The van der Waals surface area contributed by atoms with Crippen molar-refractivity contribution in [3.63, 3.8) is 0 Å². The number of carbonyl (C=O) groups excluding carboxylic acids is 1. The first-order chi connectivity index (χ1) is 13.8. The molecule has 0 aliphatic heterocycles. The summed E-state index contributed by atoms with van der Waals surface area (Å²) in [5.74, 6) is -5.09. The molecule has 3 rings (SSSR count). The van der Waals surface area contributed by atoms with Gasteiger partial charge >= 0.3 is 0 Å². The second-order valence-corrected chi connectivity index (χ2v) is 7.96. The first kappa shape index (κ1) is 21.1. The Morgan fingerprint density at radius 3 is 2.76 bits per heavy atom. The monoisotopic (exact) mass is 417 g/mol. The van der Waals surface area contributed by atoms with Crippen molar-refractivity contribution in [1.29, 1.82) is 5.26 Å². The van der Waals surface area contributed by atoms with Crippen LogP contribution in [0.15, 0.2) is 46.2 Å². The highest BCUT2D eigenvalue weighted by molar-refractivity contribution is 7.98. The first-order valence-corrected chi connectivity index (χ1v) is 10.5. The number of rotatable bonds is 5. The molecule has 1 fully saturated rings. The molecule has 2 N–H and O–H groups in total. The molecule has 1 aliphatic rings. The predicted molar refractivity (Wildman–Crippen MR) is 108 cm³/mol. The van der Waals surface area contributed by atoms with Crippen molar-refractivity contribution in [3.8, 4) is 17.2 Å². The molecular weight excluding hydrogens is 396 g/mol. The second-order valence-electron chi connectivity index (χ2n) is 7.08. The second kappa shape index (κ2) is 8.78. The van der Waals surface area contributed by atoms with Crippen LogP contribution in [0.1, 0.15) is 30.7 Å². The van der Waals surface area contributed by atoms with Gasteiger partial charge in [-0.1, -0.05) is 12.1 Å². The Balaban J connectivity index is 2.04. The summed E-state index contributed by atoms with van der Waals surface area (Å²) < 4.78 is 28.2. The fourth-order valence-electron chi connectivity index (χ4n) is 3.85. The topological polar surface area (TPSA) is 85.8 Å². The maximum Gasteiger partial charge on any atom is 0.249 e. The van der Waals surface area contributed by atoms with Crippen molar-refractivity contribution in [1.82, 2.24) is 10.3 Å². The molecule has 2 aromatic rings. The SMILES string of the molecule is CSc1ccc(-c2c[nH]c(=O)cc2[C@@H]2CCC(F)(F)C[C@H]2C(=O)NCC#N)cc1. The molecule has 5 nitrogen and oxygen atoms in total. The molecular formula is C21H21F2N3O2S. The Hall–Kier alpha value is -2.66. The zero-order valence-corrected chi connectivity index (χ0v) is 16.7. The third-order valence-electron chi connectivity index (χ3n) is 5.26. The summed E-state index contributed by atoms with van der Waals surface area (Å²) in [6.45, 7) is -0.244. The zero-order chi connectivity index (χ0) is 21.0. The number of H-pyrrole nitrogens is 1. The highest BCUT2D eigenvalue weighted by Gasteiger charge is 2.45. The van der Waals surface area contributed by atoms with Crippen LogP contribution in [0.4, 0.5) is 8.78 Å². The largest absolute Gasteiger partial charge is 0.343 e. The number of nitrogens with one attached hydrogen (secondary N) is 2. The lowest BCUT2D eigenvalue weighted by molar-refractivity contribution is -0.133. The third-order valence-corrected chi connectivity index (χ3v) is 6.00. The van der Waals surface area contributed by atoms with Crippen LogP contribution in [0.5, 0.6) is 0 Å². The van der Waals surface area contributed by atoms with Gasteiger partial charge in [0, 0.05) is 35.6 Å². The van der Waals surface area contributed by atoms with Crippen molar-refractivity contribution < 1.29 is 13.6 Å². The van der Waals surface area contributed by atoms with Crippen LogP contribution in [0.25, 0.3) is 11.1 Å². The lowest BCUT2D eigenvalue weighted by Crippen LogP contribution is -2.41. The summed E-state index contributed by atoms with van der Waals surface area (Å²) in [6, 6.07) is 10.9. The van der Waals surface area contributed by atoms with Crippen molar-refractivity contribution in [2.45, 2.75) is 36.0 Å². The van der Waals surface area contributed by atoms with E-state index in [2.05, 4.69) is 10.3 Å². The number of thioether (sulfide) groups is 1. The van der Waals surface area contributed by atoms with Crippen LogP contribution in [0, 0.1) is 17.2 Å². The van der Waals surface area contributed by atoms with Crippen LogP contribution >= 0.6 is 11.8 Å². The maximum absolute atomic E-state index is 14.1. The van der Waals surface area contributed by atoms with E-state index in [0.29, 0.717) is 11.1 Å². The van der Waals surface area contributed by atoms with Gasteiger partial charge in [0.15, 0.2) is 0 Å². The van der Waals surface area contributed by atoms with Crippen molar-refractivity contribution in [3.05, 3.63) is 52.4 Å². The molecule has 0 unspecified atom stereocenters. The number of alkyl halides is 2. The summed E-state index contributed by atoms with van der Waals surface area (Å²) in [5, 5.41) is 11.1. The summed E-state index contributed by atoms with van der Waals surface area (Å²) in [7, 11) is 0. The summed E-state index contributed by atoms with van der Waals surface area (Å²) in [5.41, 5.74) is 1.78. The van der Waals surface area contributed by atoms with E-state index in [0.717, 1.165) is 10.5 Å². The van der Waals surface area contributed by atoms with Crippen LogP contribution in [-0.4, -0.2) is 29.6 Å². The average molecular weight is 417 g/mol. The van der Waals surface area contributed by atoms with E-state index in [1.54, 1.807) is 24.0 Å². The molecule has 0 saturated heterocycles. The van der Waals surface area contributed by atoms with Crippen LogP contribution in [0.3, 0.4) is 0 Å². The van der Waals surface area contributed by atoms with Gasteiger partial charge in [0.2, 0.25) is 17.4 Å². The summed E-state index contributed by atoms with van der Waals surface area (Å²) >= 11 is 1.60. The quantitative estimate of drug-likeness (QED) is 0.570. The highest BCUT2D eigenvalue weighted by atomic mass is 32.2. The van der Waals surface area contributed by atoms with E-state index in [9.17, 15) is 18.4 Å². The lowest BCUT2D eigenvalue weighted by Gasteiger charge is -2.36. The van der Waals surface area contributed by atoms with E-state index in [1.165, 1.54) is 6.07 Å². The van der Waals surface area contributed by atoms with Gasteiger partial charge in [-0.05, 0) is 41.9 Å².